The van der Waals surface area contributed by atoms with E-state index in [4.69, 9.17) is 0 Å². The molecule has 0 spiro atoms. The molecule has 2 atom stereocenters. The standard InChI is InChI=1S/C14H10.2C9H12O2P.Zr/c1-3-7-13(8-4-1)11-12-14-9-5-2-6-10-14;2*1-6-5-9(4,12(10)11)8(3)7(6)2;/h1-10H;2*1-4H3;. The first-order valence-corrected chi connectivity index (χ1v) is 17.6. The molecule has 0 N–H and O–H groups in total. The molecule has 2 unspecified atom stereocenters. The first-order chi connectivity index (χ1) is 18.3. The Morgan fingerprint density at radius 1 is 0.538 bits per heavy atom. The maximum absolute atomic E-state index is 12.2. The van der Waals surface area contributed by atoms with Gasteiger partial charge in [-0.3, -0.25) is 0 Å². The summed E-state index contributed by atoms with van der Waals surface area (Å²) in [6, 6.07) is 20.0. The Hall–Kier alpha value is -2.36. The van der Waals surface area contributed by atoms with Crippen LogP contribution in [0.5, 0.6) is 0 Å². The quantitative estimate of drug-likeness (QED) is 0.248. The Morgan fingerprint density at radius 2 is 0.846 bits per heavy atom. The van der Waals surface area contributed by atoms with Crippen LogP contribution < -0.4 is 0 Å². The van der Waals surface area contributed by atoms with Gasteiger partial charge in [0.2, 0.25) is 0 Å². The van der Waals surface area contributed by atoms with Crippen molar-refractivity contribution in [3.05, 3.63) is 112 Å². The fraction of sp³-hybridized carbons (Fsp3) is 0.312. The predicted molar refractivity (Wildman–Crippen MR) is 154 cm³/mol. The van der Waals surface area contributed by atoms with Gasteiger partial charge in [-0.1, -0.05) is 48.2 Å². The zero-order valence-electron chi connectivity index (χ0n) is 23.8. The third kappa shape index (κ3) is 5.91. The molecule has 4 rings (SSSR count). The first-order valence-electron chi connectivity index (χ1n) is 12.7. The van der Waals surface area contributed by atoms with Crippen LogP contribution in [0, 0.1) is 11.8 Å². The molecule has 2 aromatic carbocycles. The second-order valence-electron chi connectivity index (χ2n) is 10.3. The van der Waals surface area contributed by atoms with Gasteiger partial charge < -0.3 is 0 Å². The molecule has 0 aliphatic heterocycles. The summed E-state index contributed by atoms with van der Waals surface area (Å²) in [6.07, 6.45) is 0. The third-order valence-corrected chi connectivity index (χ3v) is 17.5. The average molecular weight is 636 g/mol. The van der Waals surface area contributed by atoms with Gasteiger partial charge >= 0.3 is 163 Å². The number of hydrogen-bond donors (Lipinski definition) is 0. The molecule has 0 radical (unpaired) electrons. The summed E-state index contributed by atoms with van der Waals surface area (Å²) in [5, 5.41) is -1.94. The molecule has 200 valence electrons. The van der Waals surface area contributed by atoms with Crippen LogP contribution in [0.25, 0.3) is 0 Å². The van der Waals surface area contributed by atoms with Gasteiger partial charge in [0.1, 0.15) is 0 Å². The summed E-state index contributed by atoms with van der Waals surface area (Å²) in [7, 11) is -5.36. The van der Waals surface area contributed by atoms with Gasteiger partial charge in [0.15, 0.2) is 0 Å². The van der Waals surface area contributed by atoms with E-state index >= 15 is 0 Å². The van der Waals surface area contributed by atoms with E-state index in [1.165, 1.54) is 0 Å². The van der Waals surface area contributed by atoms with Crippen LogP contribution in [0.3, 0.4) is 0 Å². The first kappa shape index (κ1) is 31.2. The number of rotatable bonds is 4. The van der Waals surface area contributed by atoms with Gasteiger partial charge in [-0.2, -0.15) is 0 Å². The summed E-state index contributed by atoms with van der Waals surface area (Å²) < 4.78 is 50.6. The maximum atomic E-state index is 12.2. The van der Waals surface area contributed by atoms with E-state index in [9.17, 15) is 18.3 Å². The van der Waals surface area contributed by atoms with Crippen molar-refractivity contribution in [2.45, 2.75) is 65.7 Å². The molecule has 0 saturated heterocycles. The van der Waals surface area contributed by atoms with E-state index in [-0.39, 0.29) is 0 Å². The summed E-state index contributed by atoms with van der Waals surface area (Å²) in [6.45, 7) is 15.2. The van der Waals surface area contributed by atoms with E-state index < -0.39 is 48.9 Å². The minimum absolute atomic E-state index is 0.878. The fourth-order valence-corrected chi connectivity index (χ4v) is 13.1. The number of hydrogen-bond acceptors (Lipinski definition) is 4. The molecular formula is C32H34O4P2Zr. The summed E-state index contributed by atoms with van der Waals surface area (Å²) >= 11 is -1.60. The van der Waals surface area contributed by atoms with E-state index in [0.29, 0.717) is 0 Å². The van der Waals surface area contributed by atoms with E-state index in [2.05, 4.69) is 11.8 Å². The second-order valence-corrected chi connectivity index (χ2v) is 16.2. The number of benzene rings is 2. The van der Waals surface area contributed by atoms with Crippen LogP contribution in [0.4, 0.5) is 0 Å². The third-order valence-electron chi connectivity index (χ3n) is 8.31. The SMILES string of the molecule is C(#Cc1ccccc1)c1ccccc1.CC1=C(C)C(C)(P(=O)=O)[C]([Zr][C]2=C(C)C(C)=C(C)C2(C)P(=O)=O)=C1C. The Bertz CT molecular complexity index is 1490. The van der Waals surface area contributed by atoms with Crippen molar-refractivity contribution in [1.29, 1.82) is 0 Å². The molecule has 0 bridgehead atoms. The van der Waals surface area contributed by atoms with Gasteiger partial charge in [-0.05, 0) is 24.3 Å². The van der Waals surface area contributed by atoms with Gasteiger partial charge in [-0.25, -0.2) is 0 Å². The molecular weight excluding hydrogens is 602 g/mol. The molecule has 2 aliphatic carbocycles. The van der Waals surface area contributed by atoms with Crippen molar-refractivity contribution in [2.24, 2.45) is 0 Å². The molecule has 0 saturated carbocycles. The average Bonchev–Trinajstić information content (AvgIpc) is 3.20. The van der Waals surface area contributed by atoms with Crippen molar-refractivity contribution in [1.82, 2.24) is 0 Å². The molecule has 0 heterocycles. The summed E-state index contributed by atoms with van der Waals surface area (Å²) in [5.74, 6) is 6.22. The summed E-state index contributed by atoms with van der Waals surface area (Å²) in [5.41, 5.74) is 8.00. The molecule has 0 fully saturated rings. The Labute approximate surface area is 245 Å². The van der Waals surface area contributed by atoms with Gasteiger partial charge in [-0.15, -0.1) is 0 Å². The van der Waals surface area contributed by atoms with Crippen molar-refractivity contribution in [2.75, 3.05) is 0 Å². The van der Waals surface area contributed by atoms with E-state index in [1.807, 2.05) is 102 Å². The second kappa shape index (κ2) is 12.4. The van der Waals surface area contributed by atoms with Crippen LogP contribution >= 0.6 is 15.4 Å². The minimum atomic E-state index is -2.68. The van der Waals surface area contributed by atoms with Crippen LogP contribution in [0.1, 0.15) is 66.5 Å². The van der Waals surface area contributed by atoms with Crippen molar-refractivity contribution in [3.8, 4) is 11.8 Å². The zero-order chi connectivity index (χ0) is 29.1. The van der Waals surface area contributed by atoms with Gasteiger partial charge in [0.05, 0.1) is 0 Å². The van der Waals surface area contributed by atoms with E-state index in [1.54, 1.807) is 13.8 Å². The topological polar surface area (TPSA) is 68.3 Å². The Balaban J connectivity index is 0.000000252. The molecule has 2 aliphatic rings. The normalized spacial score (nSPS) is 22.4. The Morgan fingerprint density at radius 3 is 1.13 bits per heavy atom. The van der Waals surface area contributed by atoms with Crippen LogP contribution in [0.15, 0.2) is 101 Å². The predicted octanol–water partition coefficient (Wildman–Crippen LogP) is 9.27. The van der Waals surface area contributed by atoms with Crippen LogP contribution in [-0.2, 0) is 41.5 Å². The summed E-state index contributed by atoms with van der Waals surface area (Å²) in [4.78, 5) is 0. The van der Waals surface area contributed by atoms with Crippen LogP contribution in [-0.4, -0.2) is 10.3 Å². The van der Waals surface area contributed by atoms with Crippen molar-refractivity contribution < 1.29 is 41.5 Å². The monoisotopic (exact) mass is 634 g/mol. The van der Waals surface area contributed by atoms with Crippen molar-refractivity contribution >= 4 is 15.4 Å². The van der Waals surface area contributed by atoms with Gasteiger partial charge in [0, 0.05) is 11.1 Å². The molecule has 0 aromatic heterocycles. The molecule has 0 amide bonds. The van der Waals surface area contributed by atoms with Crippen molar-refractivity contribution in [3.63, 3.8) is 0 Å². The molecule has 2 aromatic rings. The molecule has 7 heteroatoms. The zero-order valence-corrected chi connectivity index (χ0v) is 28.0. The molecule has 39 heavy (non-hydrogen) atoms. The Kier molecular flexibility index (Phi) is 9.94. The fourth-order valence-electron chi connectivity index (χ4n) is 4.97. The van der Waals surface area contributed by atoms with E-state index in [0.717, 1.165) is 51.1 Å². The van der Waals surface area contributed by atoms with Gasteiger partial charge in [0.25, 0.3) is 0 Å². The molecule has 4 nitrogen and oxygen atoms in total. The van der Waals surface area contributed by atoms with Crippen LogP contribution in [0.2, 0.25) is 0 Å². The number of allylic oxidation sites excluding steroid dienone is 8.